The molecule has 1 fully saturated rings. The topological polar surface area (TPSA) is 61.4 Å². The molecule has 2 aromatic rings. The third kappa shape index (κ3) is 3.79. The van der Waals surface area contributed by atoms with E-state index in [1.165, 1.54) is 6.07 Å². The highest BCUT2D eigenvalue weighted by Gasteiger charge is 2.17. The number of hydrogen-bond acceptors (Lipinski definition) is 5. The number of anilines is 2. The Morgan fingerprint density at radius 3 is 2.67 bits per heavy atom. The van der Waals surface area contributed by atoms with Gasteiger partial charge in [-0.15, -0.1) is 0 Å². The van der Waals surface area contributed by atoms with Crippen molar-refractivity contribution in [2.45, 2.75) is 13.5 Å². The first-order valence-corrected chi connectivity index (χ1v) is 7.93. The highest BCUT2D eigenvalue weighted by molar-refractivity contribution is 5.52. The van der Waals surface area contributed by atoms with Gasteiger partial charge in [-0.05, 0) is 13.0 Å². The lowest BCUT2D eigenvalue weighted by atomic mass is 10.2. The third-order valence-electron chi connectivity index (χ3n) is 4.03. The van der Waals surface area contributed by atoms with Crippen LogP contribution in [0.4, 0.5) is 16.0 Å². The van der Waals surface area contributed by atoms with E-state index in [0.29, 0.717) is 36.8 Å². The van der Waals surface area contributed by atoms with Gasteiger partial charge in [-0.25, -0.2) is 14.4 Å². The second-order valence-corrected chi connectivity index (χ2v) is 5.73. The van der Waals surface area contributed by atoms with Crippen molar-refractivity contribution in [3.63, 3.8) is 0 Å². The standard InChI is InChI=1S/C17H20FN5O/c1-13-20-16(19-11-14-4-2-3-5-15(14)18)10-17(21-13)23-8-6-22(12-24)7-9-23/h2-5,10,12H,6-9,11H2,1H3,(H,19,20,21). The summed E-state index contributed by atoms with van der Waals surface area (Å²) in [7, 11) is 0. The quantitative estimate of drug-likeness (QED) is 0.848. The second-order valence-electron chi connectivity index (χ2n) is 5.73. The molecule has 1 aromatic heterocycles. The molecule has 6 nitrogen and oxygen atoms in total. The molecular formula is C17H20FN5O. The van der Waals surface area contributed by atoms with Gasteiger partial charge in [0.1, 0.15) is 23.3 Å². The Balaban J connectivity index is 1.70. The number of benzene rings is 1. The van der Waals surface area contributed by atoms with E-state index in [2.05, 4.69) is 20.2 Å². The van der Waals surface area contributed by atoms with Crippen molar-refractivity contribution in [3.8, 4) is 0 Å². The van der Waals surface area contributed by atoms with Crippen LogP contribution < -0.4 is 10.2 Å². The van der Waals surface area contributed by atoms with Crippen LogP contribution in [0.1, 0.15) is 11.4 Å². The van der Waals surface area contributed by atoms with Crippen molar-refractivity contribution in [2.24, 2.45) is 0 Å². The maximum Gasteiger partial charge on any atom is 0.209 e. The molecule has 1 N–H and O–H groups in total. The number of aromatic nitrogens is 2. The van der Waals surface area contributed by atoms with Crippen LogP contribution in [0.15, 0.2) is 30.3 Å². The summed E-state index contributed by atoms with van der Waals surface area (Å²) in [6.45, 7) is 5.04. The number of carbonyl (C=O) groups is 1. The van der Waals surface area contributed by atoms with Gasteiger partial charge in [-0.2, -0.15) is 0 Å². The average Bonchev–Trinajstić information content (AvgIpc) is 2.61. The molecular weight excluding hydrogens is 309 g/mol. The zero-order valence-corrected chi connectivity index (χ0v) is 13.6. The Kier molecular flexibility index (Phi) is 4.88. The van der Waals surface area contributed by atoms with E-state index in [9.17, 15) is 9.18 Å². The highest BCUT2D eigenvalue weighted by Crippen LogP contribution is 2.18. The molecule has 0 atom stereocenters. The molecule has 0 unspecified atom stereocenters. The molecule has 1 aliphatic rings. The van der Waals surface area contributed by atoms with E-state index in [1.54, 1.807) is 17.0 Å². The first-order chi connectivity index (χ1) is 11.7. The molecule has 0 spiro atoms. The number of amides is 1. The van der Waals surface area contributed by atoms with E-state index in [1.807, 2.05) is 19.1 Å². The Hall–Kier alpha value is -2.70. The van der Waals surface area contributed by atoms with Crippen LogP contribution in [0.2, 0.25) is 0 Å². The van der Waals surface area contributed by atoms with Gasteiger partial charge in [0, 0.05) is 44.4 Å². The lowest BCUT2D eigenvalue weighted by molar-refractivity contribution is -0.118. The predicted octanol–water partition coefficient (Wildman–Crippen LogP) is 1.81. The minimum atomic E-state index is -0.235. The van der Waals surface area contributed by atoms with Crippen LogP contribution >= 0.6 is 0 Å². The van der Waals surface area contributed by atoms with E-state index >= 15 is 0 Å². The first kappa shape index (κ1) is 16.2. The number of piperazine rings is 1. The summed E-state index contributed by atoms with van der Waals surface area (Å²) in [5, 5.41) is 3.16. The van der Waals surface area contributed by atoms with Gasteiger partial charge in [0.15, 0.2) is 0 Å². The van der Waals surface area contributed by atoms with Gasteiger partial charge in [0.05, 0.1) is 0 Å². The monoisotopic (exact) mass is 329 g/mol. The number of nitrogens with one attached hydrogen (secondary N) is 1. The summed E-state index contributed by atoms with van der Waals surface area (Å²) in [4.78, 5) is 23.5. The van der Waals surface area contributed by atoms with Crippen molar-refractivity contribution in [1.82, 2.24) is 14.9 Å². The summed E-state index contributed by atoms with van der Waals surface area (Å²) in [5.74, 6) is 1.91. The molecule has 0 radical (unpaired) electrons. The lowest BCUT2D eigenvalue weighted by Gasteiger charge is -2.33. The van der Waals surface area contributed by atoms with Gasteiger partial charge < -0.3 is 15.1 Å². The Bertz CT molecular complexity index is 716. The molecule has 7 heteroatoms. The van der Waals surface area contributed by atoms with Crippen molar-refractivity contribution >= 4 is 18.0 Å². The fraction of sp³-hybridized carbons (Fsp3) is 0.353. The van der Waals surface area contributed by atoms with Crippen LogP contribution in [0, 0.1) is 12.7 Å². The molecule has 126 valence electrons. The molecule has 0 bridgehead atoms. The average molecular weight is 329 g/mol. The third-order valence-corrected chi connectivity index (χ3v) is 4.03. The molecule has 1 aliphatic heterocycles. The van der Waals surface area contributed by atoms with E-state index in [-0.39, 0.29) is 5.82 Å². The number of hydrogen-bond donors (Lipinski definition) is 1. The Morgan fingerprint density at radius 2 is 1.96 bits per heavy atom. The Morgan fingerprint density at radius 1 is 1.21 bits per heavy atom. The van der Waals surface area contributed by atoms with Crippen molar-refractivity contribution < 1.29 is 9.18 Å². The zero-order chi connectivity index (χ0) is 16.9. The molecule has 0 saturated carbocycles. The predicted molar refractivity (Wildman–Crippen MR) is 90.3 cm³/mol. The van der Waals surface area contributed by atoms with Crippen molar-refractivity contribution in [3.05, 3.63) is 47.5 Å². The normalized spacial score (nSPS) is 14.6. The van der Waals surface area contributed by atoms with E-state index in [0.717, 1.165) is 25.3 Å². The maximum atomic E-state index is 13.7. The first-order valence-electron chi connectivity index (χ1n) is 7.93. The number of aryl methyl sites for hydroxylation is 1. The molecule has 3 rings (SSSR count). The number of nitrogens with zero attached hydrogens (tertiary/aromatic N) is 4. The fourth-order valence-corrected chi connectivity index (χ4v) is 2.69. The number of rotatable bonds is 5. The van der Waals surface area contributed by atoms with Crippen LogP contribution in [-0.4, -0.2) is 47.5 Å². The summed E-state index contributed by atoms with van der Waals surface area (Å²) in [6, 6.07) is 8.54. The summed E-state index contributed by atoms with van der Waals surface area (Å²) < 4.78 is 13.7. The maximum absolute atomic E-state index is 13.7. The van der Waals surface area contributed by atoms with Crippen LogP contribution in [0.25, 0.3) is 0 Å². The van der Waals surface area contributed by atoms with Gasteiger partial charge in [0.2, 0.25) is 6.41 Å². The van der Waals surface area contributed by atoms with Gasteiger partial charge in [0.25, 0.3) is 0 Å². The molecule has 1 aromatic carbocycles. The molecule has 24 heavy (non-hydrogen) atoms. The number of halogens is 1. The smallest absolute Gasteiger partial charge is 0.209 e. The van der Waals surface area contributed by atoms with E-state index in [4.69, 9.17) is 0 Å². The molecule has 0 aliphatic carbocycles. The van der Waals surface area contributed by atoms with Crippen molar-refractivity contribution in [2.75, 3.05) is 36.4 Å². The van der Waals surface area contributed by atoms with Crippen LogP contribution in [-0.2, 0) is 11.3 Å². The molecule has 1 amide bonds. The van der Waals surface area contributed by atoms with E-state index < -0.39 is 0 Å². The largest absolute Gasteiger partial charge is 0.366 e. The zero-order valence-electron chi connectivity index (χ0n) is 13.6. The van der Waals surface area contributed by atoms with Gasteiger partial charge >= 0.3 is 0 Å². The number of carbonyl (C=O) groups excluding carboxylic acids is 1. The van der Waals surface area contributed by atoms with Crippen LogP contribution in [0.3, 0.4) is 0 Å². The Labute approximate surface area is 140 Å². The molecule has 1 saturated heterocycles. The lowest BCUT2D eigenvalue weighted by Crippen LogP contribution is -2.46. The van der Waals surface area contributed by atoms with Gasteiger partial charge in [-0.1, -0.05) is 18.2 Å². The van der Waals surface area contributed by atoms with Crippen LogP contribution in [0.5, 0.6) is 0 Å². The van der Waals surface area contributed by atoms with Gasteiger partial charge in [-0.3, -0.25) is 4.79 Å². The SMILES string of the molecule is Cc1nc(NCc2ccccc2F)cc(N2CCN(C=O)CC2)n1. The summed E-state index contributed by atoms with van der Waals surface area (Å²) >= 11 is 0. The summed E-state index contributed by atoms with van der Waals surface area (Å²) in [5.41, 5.74) is 0.593. The summed E-state index contributed by atoms with van der Waals surface area (Å²) in [6.07, 6.45) is 0.879. The minimum Gasteiger partial charge on any atom is -0.366 e. The minimum absolute atomic E-state index is 0.235. The highest BCUT2D eigenvalue weighted by atomic mass is 19.1. The second kappa shape index (κ2) is 7.25. The van der Waals surface area contributed by atoms with Crippen molar-refractivity contribution in [1.29, 1.82) is 0 Å². The fourth-order valence-electron chi connectivity index (χ4n) is 2.69. The molecule has 2 heterocycles.